The van der Waals surface area contributed by atoms with E-state index in [0.29, 0.717) is 42.0 Å². The van der Waals surface area contributed by atoms with E-state index in [4.69, 9.17) is 4.74 Å². The third-order valence-electron chi connectivity index (χ3n) is 7.39. The Kier molecular flexibility index (Phi) is 7.31. The maximum absolute atomic E-state index is 14.4. The van der Waals surface area contributed by atoms with Crippen LogP contribution in [0, 0.1) is 19.3 Å². The molecule has 2 N–H and O–H groups in total. The summed E-state index contributed by atoms with van der Waals surface area (Å²) in [7, 11) is 0. The number of carboxylic acids is 1. The first-order valence-electron chi connectivity index (χ1n) is 12.5. The summed E-state index contributed by atoms with van der Waals surface area (Å²) in [5, 5.41) is 16.7. The molecule has 0 amide bonds. The van der Waals surface area contributed by atoms with Gasteiger partial charge < -0.3 is 20.1 Å². The van der Waals surface area contributed by atoms with Crippen molar-refractivity contribution in [1.82, 2.24) is 25.1 Å². The van der Waals surface area contributed by atoms with Gasteiger partial charge in [0.15, 0.2) is 0 Å². The molecule has 1 aromatic carbocycles. The first kappa shape index (κ1) is 27.4. The summed E-state index contributed by atoms with van der Waals surface area (Å²) in [4.78, 5) is 22.0. The quantitative estimate of drug-likeness (QED) is 0.413. The molecule has 4 heterocycles. The number of nitrogens with one attached hydrogen (secondary N) is 1. The fourth-order valence-electron chi connectivity index (χ4n) is 5.34. The Hall–Kier alpha value is -3.19. The van der Waals surface area contributed by atoms with Crippen LogP contribution < -0.4 is 15.0 Å². The number of alkyl halides is 3. The number of hydrogen-bond donors (Lipinski definition) is 2. The number of anilines is 1. The smallest absolute Gasteiger partial charge is 0.429 e. The lowest BCUT2D eigenvalue weighted by Gasteiger charge is -2.39. The first-order chi connectivity index (χ1) is 18.4. The van der Waals surface area contributed by atoms with Gasteiger partial charge in [-0.3, -0.25) is 4.79 Å². The lowest BCUT2D eigenvalue weighted by Crippen LogP contribution is -2.41. The second kappa shape index (κ2) is 10.4. The summed E-state index contributed by atoms with van der Waals surface area (Å²) in [5.74, 6) is -0.263. The average Bonchev–Trinajstić information content (AvgIpc) is 3.49. The number of benzene rings is 1. The number of halogens is 4. The molecule has 13 heteroatoms. The van der Waals surface area contributed by atoms with E-state index in [9.17, 15) is 23.1 Å². The predicted octanol–water partition coefficient (Wildman–Crippen LogP) is 4.76. The number of piperidine rings is 1. The van der Waals surface area contributed by atoms with E-state index in [-0.39, 0.29) is 28.4 Å². The minimum atomic E-state index is -4.74. The molecule has 0 saturated carbocycles. The van der Waals surface area contributed by atoms with E-state index in [0.717, 1.165) is 12.8 Å². The molecule has 2 atom stereocenters. The highest BCUT2D eigenvalue weighted by Gasteiger charge is 2.46. The van der Waals surface area contributed by atoms with Crippen molar-refractivity contribution in [3.63, 3.8) is 0 Å². The maximum atomic E-state index is 14.4. The van der Waals surface area contributed by atoms with Gasteiger partial charge in [-0.1, -0.05) is 22.0 Å². The van der Waals surface area contributed by atoms with E-state index >= 15 is 0 Å². The van der Waals surface area contributed by atoms with Crippen molar-refractivity contribution in [2.24, 2.45) is 5.41 Å². The van der Waals surface area contributed by atoms with Crippen LogP contribution >= 0.6 is 15.9 Å². The number of aromatic nitrogens is 4. The van der Waals surface area contributed by atoms with Crippen molar-refractivity contribution >= 4 is 27.7 Å². The van der Waals surface area contributed by atoms with Gasteiger partial charge in [-0.2, -0.15) is 23.3 Å². The highest BCUT2D eigenvalue weighted by Crippen LogP contribution is 2.42. The van der Waals surface area contributed by atoms with Crippen molar-refractivity contribution in [3.05, 3.63) is 58.1 Å². The Morgan fingerprint density at radius 3 is 2.56 bits per heavy atom. The largest absolute Gasteiger partial charge is 0.480 e. The van der Waals surface area contributed by atoms with Gasteiger partial charge in [0.25, 0.3) is 0 Å². The van der Waals surface area contributed by atoms with E-state index < -0.39 is 24.3 Å². The molecule has 5 rings (SSSR count). The minimum Gasteiger partial charge on any atom is -0.480 e. The van der Waals surface area contributed by atoms with Crippen LogP contribution in [0.1, 0.15) is 42.4 Å². The van der Waals surface area contributed by atoms with E-state index in [2.05, 4.69) is 36.3 Å². The van der Waals surface area contributed by atoms with Crippen LogP contribution in [0.25, 0.3) is 5.69 Å². The second-order valence-corrected chi connectivity index (χ2v) is 11.1. The van der Waals surface area contributed by atoms with Crippen molar-refractivity contribution in [2.75, 3.05) is 24.5 Å². The van der Waals surface area contributed by atoms with Gasteiger partial charge in [-0.05, 0) is 56.7 Å². The van der Waals surface area contributed by atoms with Crippen LogP contribution in [0.5, 0.6) is 5.88 Å². The van der Waals surface area contributed by atoms with Crippen molar-refractivity contribution < 1.29 is 27.8 Å². The van der Waals surface area contributed by atoms with Crippen LogP contribution in [0.15, 0.2) is 41.0 Å². The highest BCUT2D eigenvalue weighted by molar-refractivity contribution is 9.10. The Morgan fingerprint density at radius 2 is 1.95 bits per heavy atom. The maximum Gasteiger partial charge on any atom is 0.429 e. The molecule has 39 heavy (non-hydrogen) atoms. The summed E-state index contributed by atoms with van der Waals surface area (Å²) in [6.07, 6.45) is -3.37. The number of rotatable bonds is 6. The number of hydrogen-bond acceptors (Lipinski definition) is 7. The summed E-state index contributed by atoms with van der Waals surface area (Å²) in [6.45, 7) is 5.20. The SMILES string of the molecule is Cc1ccn(-c2cc(Br)ccc2[C@@H](Oc2cc(N3CCC4(CC3)CN[C@H](C(=O)O)C4)nc(C)n2)C(F)(F)F)n1. The lowest BCUT2D eigenvalue weighted by molar-refractivity contribution is -0.198. The average molecular weight is 609 g/mol. The van der Waals surface area contributed by atoms with Gasteiger partial charge >= 0.3 is 12.1 Å². The van der Waals surface area contributed by atoms with E-state index in [1.54, 1.807) is 32.2 Å². The number of carboxylic acid groups (broad SMARTS) is 1. The predicted molar refractivity (Wildman–Crippen MR) is 140 cm³/mol. The molecule has 0 aliphatic carbocycles. The fraction of sp³-hybridized carbons (Fsp3) is 0.462. The molecule has 2 aliphatic heterocycles. The molecule has 0 bridgehead atoms. The number of carbonyl (C=O) groups is 1. The zero-order chi connectivity index (χ0) is 27.9. The summed E-state index contributed by atoms with van der Waals surface area (Å²) in [5.41, 5.74) is 0.687. The normalized spacial score (nSPS) is 19.8. The van der Waals surface area contributed by atoms with Crippen molar-refractivity contribution in [3.8, 4) is 11.6 Å². The Morgan fingerprint density at radius 1 is 1.21 bits per heavy atom. The first-order valence-corrected chi connectivity index (χ1v) is 13.3. The van der Waals surface area contributed by atoms with Crippen LogP contribution in [0.4, 0.5) is 19.0 Å². The monoisotopic (exact) mass is 608 g/mol. The number of ether oxygens (including phenoxy) is 1. The zero-order valence-corrected chi connectivity index (χ0v) is 23.0. The van der Waals surface area contributed by atoms with Gasteiger partial charge in [-0.15, -0.1) is 0 Å². The standard InChI is InChI=1S/C26H28BrF3N6O3/c1-15-5-8-36(34-15)20-11-17(27)3-4-18(20)23(26(28,29)30)39-22-12-21(32-16(2)33-22)35-9-6-25(7-10-35)13-19(24(37)38)31-14-25/h3-5,8,11-12,19,23,31H,6-7,9-10,13-14H2,1-2H3,(H,37,38)/t19-,23+/m0/s1. The third kappa shape index (κ3) is 5.88. The lowest BCUT2D eigenvalue weighted by atomic mass is 9.76. The van der Waals surface area contributed by atoms with Gasteiger partial charge in [0.05, 0.1) is 11.4 Å². The molecular weight excluding hydrogens is 581 g/mol. The molecular formula is C26H28BrF3N6O3. The molecule has 2 saturated heterocycles. The molecule has 2 aromatic heterocycles. The summed E-state index contributed by atoms with van der Waals surface area (Å²) in [6, 6.07) is 7.06. The van der Waals surface area contributed by atoms with Gasteiger partial charge in [0.1, 0.15) is 17.7 Å². The Bertz CT molecular complexity index is 1370. The number of nitrogens with zero attached hydrogens (tertiary/aromatic N) is 5. The topological polar surface area (TPSA) is 105 Å². The van der Waals surface area contributed by atoms with Crippen molar-refractivity contribution in [2.45, 2.75) is 51.4 Å². The number of aryl methyl sites for hydroxylation is 2. The molecule has 1 spiro atoms. The van der Waals surface area contributed by atoms with Gasteiger partial charge in [-0.25, -0.2) is 9.67 Å². The molecule has 2 fully saturated rings. The van der Waals surface area contributed by atoms with Crippen LogP contribution in [-0.4, -0.2) is 62.7 Å². The molecule has 208 valence electrons. The van der Waals surface area contributed by atoms with E-state index in [1.807, 2.05) is 4.90 Å². The van der Waals surface area contributed by atoms with Gasteiger partial charge in [0.2, 0.25) is 12.0 Å². The molecule has 2 aliphatic rings. The van der Waals surface area contributed by atoms with Crippen LogP contribution in [0.2, 0.25) is 0 Å². The fourth-order valence-corrected chi connectivity index (χ4v) is 5.69. The van der Waals surface area contributed by atoms with Gasteiger partial charge in [0, 0.05) is 41.9 Å². The zero-order valence-electron chi connectivity index (χ0n) is 21.4. The number of aliphatic carboxylic acids is 1. The Balaban J connectivity index is 1.40. The Labute approximate surface area is 231 Å². The molecule has 0 unspecified atom stereocenters. The second-order valence-electron chi connectivity index (χ2n) is 10.2. The summed E-state index contributed by atoms with van der Waals surface area (Å²) >= 11 is 3.34. The van der Waals surface area contributed by atoms with Crippen LogP contribution in [0.3, 0.4) is 0 Å². The van der Waals surface area contributed by atoms with Crippen molar-refractivity contribution in [1.29, 1.82) is 0 Å². The molecule has 9 nitrogen and oxygen atoms in total. The summed E-state index contributed by atoms with van der Waals surface area (Å²) < 4.78 is 50.9. The molecule has 3 aromatic rings. The molecule has 0 radical (unpaired) electrons. The van der Waals surface area contributed by atoms with E-state index in [1.165, 1.54) is 22.9 Å². The minimum absolute atomic E-state index is 0.103. The highest BCUT2D eigenvalue weighted by atomic mass is 79.9. The third-order valence-corrected chi connectivity index (χ3v) is 7.88. The van der Waals surface area contributed by atoms with Crippen LogP contribution in [-0.2, 0) is 4.79 Å².